The highest BCUT2D eigenvalue weighted by atomic mass is 16.5. The lowest BCUT2D eigenvalue weighted by Crippen LogP contribution is -2.53. The van der Waals surface area contributed by atoms with Crippen molar-refractivity contribution in [1.29, 1.82) is 0 Å². The second-order valence-electron chi connectivity index (χ2n) is 7.68. The van der Waals surface area contributed by atoms with Gasteiger partial charge in [-0.3, -0.25) is 4.90 Å². The summed E-state index contributed by atoms with van der Waals surface area (Å²) in [5.41, 5.74) is 1.96. The molecule has 1 aliphatic carbocycles. The van der Waals surface area contributed by atoms with Crippen LogP contribution in [0.25, 0.3) is 0 Å². The molecule has 3 N–H and O–H groups in total. The fourth-order valence-corrected chi connectivity index (χ4v) is 4.29. The molecule has 7 heteroatoms. The fraction of sp³-hybridized carbons (Fsp3) is 0.789. The Labute approximate surface area is 155 Å². The number of aromatic nitrogens is 1. The highest BCUT2D eigenvalue weighted by molar-refractivity contribution is 5.74. The van der Waals surface area contributed by atoms with Crippen LogP contribution >= 0.6 is 0 Å². The van der Waals surface area contributed by atoms with E-state index in [1.807, 2.05) is 13.8 Å². The smallest absolute Gasteiger partial charge is 0.315 e. The van der Waals surface area contributed by atoms with Crippen molar-refractivity contribution in [2.75, 3.05) is 19.6 Å². The molecule has 0 bridgehead atoms. The van der Waals surface area contributed by atoms with Crippen LogP contribution in [0.1, 0.15) is 55.5 Å². The maximum absolute atomic E-state index is 12.1. The first kappa shape index (κ1) is 19.2. The Morgan fingerprint density at radius 1 is 1.23 bits per heavy atom. The normalized spacial score (nSPS) is 25.2. The molecule has 2 amide bonds. The third-order valence-corrected chi connectivity index (χ3v) is 5.87. The van der Waals surface area contributed by atoms with Gasteiger partial charge in [-0.2, -0.15) is 0 Å². The zero-order valence-electron chi connectivity index (χ0n) is 16.0. The van der Waals surface area contributed by atoms with Crippen molar-refractivity contribution in [2.45, 2.75) is 77.0 Å². The monoisotopic (exact) mass is 364 g/mol. The fourth-order valence-electron chi connectivity index (χ4n) is 4.29. The lowest BCUT2D eigenvalue weighted by molar-refractivity contribution is 0.00777. The Bertz CT molecular complexity index is 576. The number of urea groups is 1. The number of carbonyl (C=O) groups excluding carboxylic acids is 1. The Kier molecular flexibility index (Phi) is 6.53. The van der Waals surface area contributed by atoms with Gasteiger partial charge in [0, 0.05) is 37.3 Å². The van der Waals surface area contributed by atoms with E-state index >= 15 is 0 Å². The largest absolute Gasteiger partial charge is 0.391 e. The number of aryl methyl sites for hydroxylation is 2. The molecule has 0 radical (unpaired) electrons. The molecule has 2 aliphatic rings. The number of aliphatic hydroxyl groups excluding tert-OH is 1. The zero-order valence-corrected chi connectivity index (χ0v) is 16.0. The van der Waals surface area contributed by atoms with Crippen molar-refractivity contribution in [1.82, 2.24) is 20.7 Å². The second kappa shape index (κ2) is 8.86. The van der Waals surface area contributed by atoms with Gasteiger partial charge in [0.1, 0.15) is 5.76 Å². The molecule has 7 nitrogen and oxygen atoms in total. The van der Waals surface area contributed by atoms with Gasteiger partial charge in [0.25, 0.3) is 0 Å². The molecule has 1 saturated heterocycles. The summed E-state index contributed by atoms with van der Waals surface area (Å²) >= 11 is 0. The summed E-state index contributed by atoms with van der Waals surface area (Å²) in [4.78, 5) is 14.5. The molecule has 1 aromatic rings. The van der Waals surface area contributed by atoms with Crippen LogP contribution in [0.2, 0.25) is 0 Å². The predicted molar refractivity (Wildman–Crippen MR) is 99.1 cm³/mol. The minimum atomic E-state index is -0.180. The molecule has 26 heavy (non-hydrogen) atoms. The minimum absolute atomic E-state index is 0.104. The van der Waals surface area contributed by atoms with Crippen LogP contribution in [0.4, 0.5) is 4.79 Å². The molecule has 2 atom stereocenters. The minimum Gasteiger partial charge on any atom is -0.391 e. The average molecular weight is 364 g/mol. The standard InChI is InChI=1S/C19H32N4O3/c1-13-16(14(2)26-22-13)7-10-20-19(25)21-15-8-11-23(12-9-15)17-5-3-4-6-18(17)24/h15,17-18,24H,3-12H2,1-2H3,(H2,20,21,25)/t17-,18+/m1/s1. The summed E-state index contributed by atoms with van der Waals surface area (Å²) < 4.78 is 5.14. The SMILES string of the molecule is Cc1noc(C)c1CCNC(=O)NC1CCN([C@@H]2CCCC[C@@H]2O)CC1. The Balaban J connectivity index is 1.35. The van der Waals surface area contributed by atoms with Gasteiger partial charge in [-0.05, 0) is 46.0 Å². The Morgan fingerprint density at radius 2 is 1.96 bits per heavy atom. The van der Waals surface area contributed by atoms with Crippen molar-refractivity contribution in [3.05, 3.63) is 17.0 Å². The number of hydrogen-bond donors (Lipinski definition) is 3. The number of amides is 2. The van der Waals surface area contributed by atoms with Crippen LogP contribution in [0.3, 0.4) is 0 Å². The summed E-state index contributed by atoms with van der Waals surface area (Å²) in [6.45, 7) is 6.29. The average Bonchev–Trinajstić information content (AvgIpc) is 2.95. The first-order chi connectivity index (χ1) is 12.5. The molecular weight excluding hydrogens is 332 g/mol. The quantitative estimate of drug-likeness (QED) is 0.742. The van der Waals surface area contributed by atoms with E-state index in [0.717, 1.165) is 68.6 Å². The molecule has 0 unspecified atom stereocenters. The predicted octanol–water partition coefficient (Wildman–Crippen LogP) is 1.90. The summed E-state index contributed by atoms with van der Waals surface area (Å²) in [5.74, 6) is 0.821. The van der Waals surface area contributed by atoms with Crippen LogP contribution in [0, 0.1) is 13.8 Å². The zero-order chi connectivity index (χ0) is 18.5. The van der Waals surface area contributed by atoms with Crippen LogP contribution < -0.4 is 10.6 Å². The molecule has 2 fully saturated rings. The van der Waals surface area contributed by atoms with E-state index in [1.54, 1.807) is 0 Å². The number of piperidine rings is 1. The van der Waals surface area contributed by atoms with Crippen molar-refractivity contribution in [2.24, 2.45) is 0 Å². The summed E-state index contributed by atoms with van der Waals surface area (Å²) in [5, 5.41) is 20.2. The van der Waals surface area contributed by atoms with Gasteiger partial charge in [0.05, 0.1) is 11.8 Å². The third kappa shape index (κ3) is 4.76. The number of rotatable bonds is 5. The number of nitrogens with zero attached hydrogens (tertiary/aromatic N) is 2. The molecule has 1 aromatic heterocycles. The van der Waals surface area contributed by atoms with Gasteiger partial charge in [0.2, 0.25) is 0 Å². The van der Waals surface area contributed by atoms with Gasteiger partial charge in [-0.25, -0.2) is 4.79 Å². The van der Waals surface area contributed by atoms with E-state index in [4.69, 9.17) is 4.52 Å². The Morgan fingerprint density at radius 3 is 2.62 bits per heavy atom. The van der Waals surface area contributed by atoms with Crippen LogP contribution in [-0.2, 0) is 6.42 Å². The Hall–Kier alpha value is -1.60. The van der Waals surface area contributed by atoms with Gasteiger partial charge in [-0.15, -0.1) is 0 Å². The molecule has 0 aromatic carbocycles. The second-order valence-corrected chi connectivity index (χ2v) is 7.68. The van der Waals surface area contributed by atoms with E-state index in [2.05, 4.69) is 20.7 Å². The van der Waals surface area contributed by atoms with E-state index < -0.39 is 0 Å². The first-order valence-corrected chi connectivity index (χ1v) is 9.93. The van der Waals surface area contributed by atoms with Crippen LogP contribution in [0.15, 0.2) is 4.52 Å². The number of likely N-dealkylation sites (tertiary alicyclic amines) is 1. The van der Waals surface area contributed by atoms with E-state index in [9.17, 15) is 9.90 Å². The van der Waals surface area contributed by atoms with Gasteiger partial charge in [0.15, 0.2) is 0 Å². The van der Waals surface area contributed by atoms with Crippen molar-refractivity contribution < 1.29 is 14.4 Å². The van der Waals surface area contributed by atoms with E-state index in [-0.39, 0.29) is 18.2 Å². The van der Waals surface area contributed by atoms with Gasteiger partial charge >= 0.3 is 6.03 Å². The summed E-state index contributed by atoms with van der Waals surface area (Å²) in [6, 6.07) is 0.424. The third-order valence-electron chi connectivity index (χ3n) is 5.87. The number of carbonyl (C=O) groups is 1. The molecule has 1 aliphatic heterocycles. The lowest BCUT2D eigenvalue weighted by atomic mass is 9.89. The molecular formula is C19H32N4O3. The maximum Gasteiger partial charge on any atom is 0.315 e. The first-order valence-electron chi connectivity index (χ1n) is 9.93. The lowest BCUT2D eigenvalue weighted by Gasteiger charge is -2.41. The van der Waals surface area contributed by atoms with Crippen molar-refractivity contribution in [3.63, 3.8) is 0 Å². The van der Waals surface area contributed by atoms with E-state index in [0.29, 0.717) is 12.6 Å². The van der Waals surface area contributed by atoms with Crippen LogP contribution in [-0.4, -0.2) is 59.0 Å². The van der Waals surface area contributed by atoms with Crippen molar-refractivity contribution in [3.8, 4) is 0 Å². The molecule has 146 valence electrons. The summed E-state index contributed by atoms with van der Waals surface area (Å²) in [6.07, 6.45) is 6.82. The number of aliphatic hydroxyl groups is 1. The molecule has 3 rings (SSSR count). The van der Waals surface area contributed by atoms with E-state index in [1.165, 1.54) is 6.42 Å². The highest BCUT2D eigenvalue weighted by Crippen LogP contribution is 2.25. The molecule has 2 heterocycles. The maximum atomic E-state index is 12.1. The summed E-state index contributed by atoms with van der Waals surface area (Å²) in [7, 11) is 0. The van der Waals surface area contributed by atoms with Crippen molar-refractivity contribution >= 4 is 6.03 Å². The van der Waals surface area contributed by atoms with Gasteiger partial charge in [-0.1, -0.05) is 18.0 Å². The van der Waals surface area contributed by atoms with Gasteiger partial charge < -0.3 is 20.3 Å². The molecule has 0 spiro atoms. The number of hydrogen-bond acceptors (Lipinski definition) is 5. The van der Waals surface area contributed by atoms with Crippen LogP contribution in [0.5, 0.6) is 0 Å². The topological polar surface area (TPSA) is 90.6 Å². The molecule has 1 saturated carbocycles. The highest BCUT2D eigenvalue weighted by Gasteiger charge is 2.31. The number of nitrogens with one attached hydrogen (secondary N) is 2.